The monoisotopic (exact) mass is 238 g/mol. The zero-order valence-corrected chi connectivity index (χ0v) is 10.5. The van der Waals surface area contributed by atoms with E-state index in [0.717, 1.165) is 26.3 Å². The third-order valence-electron chi connectivity index (χ3n) is 3.34. The summed E-state index contributed by atoms with van der Waals surface area (Å²) in [5.41, 5.74) is 1.53. The van der Waals surface area contributed by atoms with Crippen molar-refractivity contribution in [2.24, 2.45) is 0 Å². The van der Waals surface area contributed by atoms with Crippen LogP contribution in [-0.2, 0) is 17.7 Å². The van der Waals surface area contributed by atoms with E-state index in [0.29, 0.717) is 6.04 Å². The summed E-state index contributed by atoms with van der Waals surface area (Å²) in [7, 11) is 2.20. The molecule has 3 rings (SSSR count). The lowest BCUT2D eigenvalue weighted by Crippen LogP contribution is -2.34. The van der Waals surface area contributed by atoms with Gasteiger partial charge in [-0.2, -0.15) is 0 Å². The third-order valence-corrected chi connectivity index (χ3v) is 4.69. The van der Waals surface area contributed by atoms with Crippen molar-refractivity contribution in [3.63, 3.8) is 0 Å². The number of likely N-dealkylation sites (N-methyl/N-ethyl adjacent to an activating group) is 1. The van der Waals surface area contributed by atoms with Gasteiger partial charge in [0.15, 0.2) is 0 Å². The molecule has 0 radical (unpaired) electrons. The molecular weight excluding hydrogens is 220 g/mol. The van der Waals surface area contributed by atoms with Crippen LogP contribution in [0.1, 0.15) is 21.4 Å². The second-order valence-electron chi connectivity index (χ2n) is 4.67. The van der Waals surface area contributed by atoms with E-state index in [1.807, 2.05) is 11.3 Å². The topological polar surface area (TPSA) is 24.5 Å². The van der Waals surface area contributed by atoms with Crippen molar-refractivity contribution in [3.05, 3.63) is 21.4 Å². The minimum absolute atomic E-state index is 0.426. The van der Waals surface area contributed by atoms with Gasteiger partial charge in [0.05, 0.1) is 19.3 Å². The van der Waals surface area contributed by atoms with Crippen LogP contribution in [0, 0.1) is 0 Å². The molecule has 16 heavy (non-hydrogen) atoms. The molecule has 1 aromatic heterocycles. The van der Waals surface area contributed by atoms with Gasteiger partial charge in [0.1, 0.15) is 0 Å². The first-order valence-corrected chi connectivity index (χ1v) is 6.76. The van der Waals surface area contributed by atoms with E-state index in [1.54, 1.807) is 4.88 Å². The molecule has 1 aromatic rings. The van der Waals surface area contributed by atoms with E-state index >= 15 is 0 Å². The lowest BCUT2D eigenvalue weighted by Gasteiger charge is -2.22. The van der Waals surface area contributed by atoms with Gasteiger partial charge >= 0.3 is 0 Å². The largest absolute Gasteiger partial charge is 0.378 e. The molecule has 2 aliphatic heterocycles. The summed E-state index contributed by atoms with van der Waals surface area (Å²) in [4.78, 5) is 5.43. The molecule has 0 spiro atoms. The number of hydrogen-bond acceptors (Lipinski definition) is 4. The number of ether oxygens (including phenoxy) is 1. The molecule has 0 amide bonds. The molecule has 1 atom stereocenters. The van der Waals surface area contributed by atoms with Crippen molar-refractivity contribution in [1.29, 1.82) is 0 Å². The Labute approximate surface area is 100 Å². The Kier molecular flexibility index (Phi) is 2.98. The van der Waals surface area contributed by atoms with Crippen LogP contribution in [0.2, 0.25) is 0 Å². The molecule has 4 heteroatoms. The van der Waals surface area contributed by atoms with Crippen LogP contribution in [-0.4, -0.2) is 38.3 Å². The SMILES string of the molecule is CN1CCc2sc(C3COCCN3)cc2C1. The van der Waals surface area contributed by atoms with Crippen molar-refractivity contribution in [3.8, 4) is 0 Å². The molecule has 0 aromatic carbocycles. The molecule has 3 nitrogen and oxygen atoms in total. The Balaban J connectivity index is 1.80. The molecule has 3 heterocycles. The predicted octanol–water partition coefficient (Wildman–Crippen LogP) is 1.40. The Morgan fingerprint density at radius 1 is 1.56 bits per heavy atom. The Morgan fingerprint density at radius 2 is 2.50 bits per heavy atom. The summed E-state index contributed by atoms with van der Waals surface area (Å²) in [5.74, 6) is 0. The second kappa shape index (κ2) is 4.45. The highest BCUT2D eigenvalue weighted by Gasteiger charge is 2.22. The summed E-state index contributed by atoms with van der Waals surface area (Å²) >= 11 is 1.97. The van der Waals surface area contributed by atoms with Gasteiger partial charge in [-0.1, -0.05) is 0 Å². The van der Waals surface area contributed by atoms with E-state index in [-0.39, 0.29) is 0 Å². The molecule has 0 bridgehead atoms. The van der Waals surface area contributed by atoms with Gasteiger partial charge < -0.3 is 15.0 Å². The van der Waals surface area contributed by atoms with Gasteiger partial charge in [0.25, 0.3) is 0 Å². The zero-order chi connectivity index (χ0) is 11.0. The van der Waals surface area contributed by atoms with E-state index in [9.17, 15) is 0 Å². The quantitative estimate of drug-likeness (QED) is 0.800. The number of nitrogens with zero attached hydrogens (tertiary/aromatic N) is 1. The number of nitrogens with one attached hydrogen (secondary N) is 1. The average Bonchev–Trinajstić information content (AvgIpc) is 2.73. The second-order valence-corrected chi connectivity index (χ2v) is 5.83. The predicted molar refractivity (Wildman–Crippen MR) is 65.9 cm³/mol. The van der Waals surface area contributed by atoms with Crippen LogP contribution in [0.4, 0.5) is 0 Å². The van der Waals surface area contributed by atoms with E-state index in [4.69, 9.17) is 4.74 Å². The zero-order valence-electron chi connectivity index (χ0n) is 9.66. The van der Waals surface area contributed by atoms with Crippen LogP contribution >= 0.6 is 11.3 Å². The lowest BCUT2D eigenvalue weighted by molar-refractivity contribution is 0.0779. The van der Waals surface area contributed by atoms with E-state index < -0.39 is 0 Å². The first-order chi connectivity index (χ1) is 7.83. The summed E-state index contributed by atoms with van der Waals surface area (Å²) in [6.07, 6.45) is 1.21. The smallest absolute Gasteiger partial charge is 0.0670 e. The van der Waals surface area contributed by atoms with Crippen molar-refractivity contribution in [2.75, 3.05) is 33.4 Å². The first kappa shape index (κ1) is 10.7. The van der Waals surface area contributed by atoms with E-state index in [2.05, 4.69) is 23.3 Å². The fourth-order valence-corrected chi connectivity index (χ4v) is 3.64. The maximum Gasteiger partial charge on any atom is 0.0670 e. The first-order valence-electron chi connectivity index (χ1n) is 5.94. The minimum atomic E-state index is 0.426. The normalized spacial score (nSPS) is 26.7. The highest BCUT2D eigenvalue weighted by Crippen LogP contribution is 2.31. The van der Waals surface area contributed by atoms with Gasteiger partial charge in [-0.05, 0) is 25.1 Å². The van der Waals surface area contributed by atoms with Crippen LogP contribution in [0.15, 0.2) is 6.07 Å². The molecule has 1 N–H and O–H groups in total. The van der Waals surface area contributed by atoms with Crippen LogP contribution in [0.5, 0.6) is 0 Å². The molecule has 1 saturated heterocycles. The maximum absolute atomic E-state index is 5.52. The highest BCUT2D eigenvalue weighted by atomic mass is 32.1. The molecule has 0 saturated carbocycles. The van der Waals surface area contributed by atoms with Crippen molar-refractivity contribution in [2.45, 2.75) is 19.0 Å². The fourth-order valence-electron chi connectivity index (χ4n) is 2.42. The average molecular weight is 238 g/mol. The number of rotatable bonds is 1. The summed E-state index contributed by atoms with van der Waals surface area (Å²) in [5, 5.41) is 3.53. The van der Waals surface area contributed by atoms with Gasteiger partial charge in [0, 0.05) is 29.4 Å². The van der Waals surface area contributed by atoms with Crippen LogP contribution in [0.3, 0.4) is 0 Å². The number of fused-ring (bicyclic) bond motifs is 1. The molecule has 0 aliphatic carbocycles. The standard InChI is InChI=1S/C12H18N2OS/c1-14-4-2-11-9(7-14)6-12(16-11)10-8-15-5-3-13-10/h6,10,13H,2-5,7-8H2,1H3. The van der Waals surface area contributed by atoms with Gasteiger partial charge in [-0.3, -0.25) is 0 Å². The van der Waals surface area contributed by atoms with Gasteiger partial charge in [-0.15, -0.1) is 11.3 Å². The van der Waals surface area contributed by atoms with Gasteiger partial charge in [0.2, 0.25) is 0 Å². The van der Waals surface area contributed by atoms with Crippen LogP contribution < -0.4 is 5.32 Å². The van der Waals surface area contributed by atoms with Crippen molar-refractivity contribution in [1.82, 2.24) is 10.2 Å². The maximum atomic E-state index is 5.52. The molecule has 1 fully saturated rings. The Hall–Kier alpha value is -0.420. The third kappa shape index (κ3) is 2.02. The molecular formula is C12H18N2OS. The fraction of sp³-hybridized carbons (Fsp3) is 0.667. The summed E-state index contributed by atoms with van der Waals surface area (Å²) < 4.78 is 5.52. The molecule has 2 aliphatic rings. The number of morpholine rings is 1. The van der Waals surface area contributed by atoms with Crippen molar-refractivity contribution >= 4 is 11.3 Å². The summed E-state index contributed by atoms with van der Waals surface area (Å²) in [6, 6.07) is 2.80. The van der Waals surface area contributed by atoms with Crippen LogP contribution in [0.25, 0.3) is 0 Å². The highest BCUT2D eigenvalue weighted by molar-refractivity contribution is 7.12. The lowest BCUT2D eigenvalue weighted by atomic mass is 10.1. The van der Waals surface area contributed by atoms with Gasteiger partial charge in [-0.25, -0.2) is 0 Å². The Morgan fingerprint density at radius 3 is 3.31 bits per heavy atom. The van der Waals surface area contributed by atoms with E-state index in [1.165, 1.54) is 23.4 Å². The summed E-state index contributed by atoms with van der Waals surface area (Å²) in [6.45, 7) is 4.97. The molecule has 1 unspecified atom stereocenters. The van der Waals surface area contributed by atoms with Crippen molar-refractivity contribution < 1.29 is 4.74 Å². The minimum Gasteiger partial charge on any atom is -0.378 e. The Bertz CT molecular complexity index is 371. The molecule has 88 valence electrons. The number of hydrogen-bond donors (Lipinski definition) is 1. The number of thiophene rings is 1.